The van der Waals surface area contributed by atoms with Crippen LogP contribution in [0.2, 0.25) is 0 Å². The van der Waals surface area contributed by atoms with Crippen LogP contribution in [0.1, 0.15) is 41.7 Å². The summed E-state index contributed by atoms with van der Waals surface area (Å²) in [4.78, 5) is 21.9. The number of sulfone groups is 1. The lowest BCUT2D eigenvalue weighted by molar-refractivity contribution is -0.274. The molecule has 4 rings (SSSR count). The molecule has 1 N–H and O–H groups in total. The molecular formula is C20H23F3N4O4S. The summed E-state index contributed by atoms with van der Waals surface area (Å²) in [5, 5.41) is 2.37. The molecule has 1 aliphatic carbocycles. The Hall–Kier alpha value is -2.89. The van der Waals surface area contributed by atoms with E-state index in [4.69, 9.17) is 0 Å². The van der Waals surface area contributed by atoms with E-state index in [1.165, 1.54) is 29.4 Å². The third-order valence-electron chi connectivity index (χ3n) is 5.36. The lowest BCUT2D eigenvalue weighted by Crippen LogP contribution is -2.56. The summed E-state index contributed by atoms with van der Waals surface area (Å²) in [5.41, 5.74) is 1.61. The van der Waals surface area contributed by atoms with Crippen LogP contribution in [-0.4, -0.2) is 60.2 Å². The fraction of sp³-hybridized carbons (Fsp3) is 0.450. The van der Waals surface area contributed by atoms with Crippen molar-refractivity contribution in [1.82, 2.24) is 14.9 Å². The van der Waals surface area contributed by atoms with Gasteiger partial charge in [-0.05, 0) is 42.0 Å². The number of halogens is 3. The number of likely N-dealkylation sites (tertiary alicyclic amines) is 1. The molecule has 1 aromatic heterocycles. The zero-order valence-corrected chi connectivity index (χ0v) is 17.9. The van der Waals surface area contributed by atoms with Crippen molar-refractivity contribution >= 4 is 21.7 Å². The quantitative estimate of drug-likeness (QED) is 0.661. The second-order valence-corrected chi connectivity index (χ2v) is 10.4. The second-order valence-electron chi connectivity index (χ2n) is 8.04. The highest BCUT2D eigenvalue weighted by molar-refractivity contribution is 7.91. The van der Waals surface area contributed by atoms with E-state index in [9.17, 15) is 26.4 Å². The van der Waals surface area contributed by atoms with Crippen LogP contribution in [0.3, 0.4) is 0 Å². The van der Waals surface area contributed by atoms with Gasteiger partial charge in [0.1, 0.15) is 5.75 Å². The van der Waals surface area contributed by atoms with Gasteiger partial charge in [-0.15, -0.1) is 13.2 Å². The van der Waals surface area contributed by atoms with Gasteiger partial charge in [0.2, 0.25) is 5.95 Å². The Balaban J connectivity index is 0.00000306. The second kappa shape index (κ2) is 8.23. The minimum Gasteiger partial charge on any atom is -0.406 e. The predicted octanol–water partition coefficient (Wildman–Crippen LogP) is 2.98. The van der Waals surface area contributed by atoms with Gasteiger partial charge in [-0.25, -0.2) is 18.4 Å². The smallest absolute Gasteiger partial charge is 0.406 e. The summed E-state index contributed by atoms with van der Waals surface area (Å²) >= 11 is 0. The number of alkyl halides is 3. The molecule has 2 fully saturated rings. The van der Waals surface area contributed by atoms with Crippen molar-refractivity contribution in [3.8, 4) is 5.75 Å². The maximum absolute atomic E-state index is 12.6. The van der Waals surface area contributed by atoms with Crippen molar-refractivity contribution in [2.45, 2.75) is 36.9 Å². The van der Waals surface area contributed by atoms with Crippen molar-refractivity contribution in [2.75, 3.05) is 24.7 Å². The Bertz CT molecular complexity index is 1120. The van der Waals surface area contributed by atoms with Gasteiger partial charge in [-0.3, -0.25) is 4.79 Å². The molecule has 0 unspecified atom stereocenters. The lowest BCUT2D eigenvalue weighted by atomic mass is 10.1. The molecule has 12 heteroatoms. The van der Waals surface area contributed by atoms with Gasteiger partial charge in [-0.2, -0.15) is 0 Å². The van der Waals surface area contributed by atoms with E-state index in [-0.39, 0.29) is 50.1 Å². The molecule has 1 aliphatic heterocycles. The molecule has 0 spiro atoms. The molecule has 1 saturated heterocycles. The summed E-state index contributed by atoms with van der Waals surface area (Å²) in [6.45, 7) is 0.443. The van der Waals surface area contributed by atoms with E-state index >= 15 is 0 Å². The molecule has 1 saturated carbocycles. The number of benzene rings is 1. The SMILES string of the molecule is CS(=O)(=O)C1CN(C(=O)c2cnc(NCc3cc(OC(F)(F)F)cc(C4CC4)c3)nc2)C1.[HH]. The number of nitrogens with zero attached hydrogens (tertiary/aromatic N) is 3. The molecule has 1 amide bonds. The van der Waals surface area contributed by atoms with E-state index in [0.29, 0.717) is 5.56 Å². The first-order valence-electron chi connectivity index (χ1n) is 9.91. The zero-order valence-electron chi connectivity index (χ0n) is 17.1. The maximum Gasteiger partial charge on any atom is 0.573 e. The molecule has 174 valence electrons. The third kappa shape index (κ3) is 5.47. The molecule has 0 atom stereocenters. The number of aromatic nitrogens is 2. The van der Waals surface area contributed by atoms with Gasteiger partial charge >= 0.3 is 6.36 Å². The van der Waals surface area contributed by atoms with Crippen LogP contribution in [0.5, 0.6) is 5.75 Å². The highest BCUT2D eigenvalue weighted by atomic mass is 32.2. The van der Waals surface area contributed by atoms with E-state index in [1.54, 1.807) is 0 Å². The molecule has 1 aromatic carbocycles. The Labute approximate surface area is 184 Å². The van der Waals surface area contributed by atoms with Gasteiger partial charge in [0.15, 0.2) is 9.84 Å². The summed E-state index contributed by atoms with van der Waals surface area (Å²) in [7, 11) is -3.18. The van der Waals surface area contributed by atoms with Crippen molar-refractivity contribution in [2.24, 2.45) is 0 Å². The van der Waals surface area contributed by atoms with E-state index in [2.05, 4.69) is 20.0 Å². The minimum absolute atomic E-state index is 0. The van der Waals surface area contributed by atoms with Crippen molar-refractivity contribution < 1.29 is 32.5 Å². The molecular weight excluding hydrogens is 449 g/mol. The Morgan fingerprint density at radius 3 is 2.44 bits per heavy atom. The molecule has 8 nitrogen and oxygen atoms in total. The molecule has 32 heavy (non-hydrogen) atoms. The summed E-state index contributed by atoms with van der Waals surface area (Å²) < 4.78 is 64.9. The van der Waals surface area contributed by atoms with Crippen LogP contribution in [0, 0.1) is 0 Å². The first-order chi connectivity index (χ1) is 15.0. The van der Waals surface area contributed by atoms with Crippen molar-refractivity contribution in [1.29, 1.82) is 0 Å². The number of anilines is 1. The number of amides is 1. The van der Waals surface area contributed by atoms with Crippen LogP contribution in [0.4, 0.5) is 19.1 Å². The van der Waals surface area contributed by atoms with Gasteiger partial charge in [0.05, 0.1) is 10.8 Å². The van der Waals surface area contributed by atoms with Crippen LogP contribution in [0.15, 0.2) is 30.6 Å². The van der Waals surface area contributed by atoms with Gasteiger partial charge < -0.3 is 15.0 Å². The average Bonchev–Trinajstić information content (AvgIpc) is 3.48. The summed E-state index contributed by atoms with van der Waals surface area (Å²) in [5.74, 6) is -0.171. The fourth-order valence-corrected chi connectivity index (χ4v) is 4.30. The number of ether oxygens (including phenoxy) is 1. The maximum atomic E-state index is 12.6. The summed E-state index contributed by atoms with van der Waals surface area (Å²) in [6.07, 6.45) is 0.887. The molecule has 2 aromatic rings. The van der Waals surface area contributed by atoms with Gasteiger partial charge in [0.25, 0.3) is 5.91 Å². The number of hydrogen-bond donors (Lipinski definition) is 1. The topological polar surface area (TPSA) is 101 Å². The number of carbonyl (C=O) groups excluding carboxylic acids is 1. The van der Waals surface area contributed by atoms with Crippen LogP contribution >= 0.6 is 0 Å². The van der Waals surface area contributed by atoms with E-state index < -0.39 is 21.4 Å². The first-order valence-corrected chi connectivity index (χ1v) is 11.9. The fourth-order valence-electron chi connectivity index (χ4n) is 3.40. The van der Waals surface area contributed by atoms with Gasteiger partial charge in [-0.1, -0.05) is 6.07 Å². The Kier molecular flexibility index (Phi) is 5.74. The van der Waals surface area contributed by atoms with E-state index in [0.717, 1.165) is 24.7 Å². The lowest BCUT2D eigenvalue weighted by Gasteiger charge is -2.37. The van der Waals surface area contributed by atoms with Crippen LogP contribution in [0.25, 0.3) is 0 Å². The minimum atomic E-state index is -4.77. The highest BCUT2D eigenvalue weighted by Gasteiger charge is 2.37. The Morgan fingerprint density at radius 2 is 1.88 bits per heavy atom. The number of nitrogens with one attached hydrogen (secondary N) is 1. The van der Waals surface area contributed by atoms with Crippen LogP contribution < -0.4 is 10.1 Å². The third-order valence-corrected chi connectivity index (χ3v) is 6.87. The standard InChI is InChI=1S/C20H21F3N4O4S.H2/c1-32(29,30)17-10-27(11-17)18(28)15-8-25-19(26-9-15)24-7-12-4-14(13-2-3-13)6-16(5-12)31-20(21,22)23;/h4-6,8-9,13,17H,2-3,7,10-11H2,1H3,(H,24,25,26);1H. The first kappa shape index (κ1) is 22.3. The largest absolute Gasteiger partial charge is 0.573 e. The Morgan fingerprint density at radius 1 is 1.22 bits per heavy atom. The summed E-state index contributed by atoms with van der Waals surface area (Å²) in [6, 6.07) is 4.55. The number of carbonyl (C=O) groups is 1. The van der Waals surface area contributed by atoms with Crippen molar-refractivity contribution in [3.63, 3.8) is 0 Å². The average molecular weight is 472 g/mol. The molecule has 0 bridgehead atoms. The molecule has 0 radical (unpaired) electrons. The number of hydrogen-bond acceptors (Lipinski definition) is 7. The zero-order chi connectivity index (χ0) is 23.1. The highest BCUT2D eigenvalue weighted by Crippen LogP contribution is 2.42. The normalized spacial score (nSPS) is 17.1. The van der Waals surface area contributed by atoms with Crippen LogP contribution in [-0.2, 0) is 16.4 Å². The molecule has 2 aliphatic rings. The predicted molar refractivity (Wildman–Crippen MR) is 111 cm³/mol. The van der Waals surface area contributed by atoms with E-state index in [1.807, 2.05) is 6.07 Å². The van der Waals surface area contributed by atoms with Gasteiger partial charge in [0, 0.05) is 39.7 Å². The van der Waals surface area contributed by atoms with Crippen molar-refractivity contribution in [3.05, 3.63) is 47.3 Å². The number of rotatable bonds is 7. The molecule has 2 heterocycles. The monoisotopic (exact) mass is 472 g/mol.